The summed E-state index contributed by atoms with van der Waals surface area (Å²) in [5.41, 5.74) is 4.18. The van der Waals surface area contributed by atoms with Crippen molar-refractivity contribution in [3.8, 4) is 5.75 Å². The summed E-state index contributed by atoms with van der Waals surface area (Å²) in [6.45, 7) is 11.5. The lowest BCUT2D eigenvalue weighted by Crippen LogP contribution is -2.44. The molecule has 2 aromatic carbocycles. The van der Waals surface area contributed by atoms with Gasteiger partial charge in [0.1, 0.15) is 12.4 Å². The third kappa shape index (κ3) is 6.45. The molecular formula is C29H39N3O4. The molecule has 1 fully saturated rings. The van der Waals surface area contributed by atoms with E-state index in [-0.39, 0.29) is 11.9 Å². The Morgan fingerprint density at radius 2 is 1.72 bits per heavy atom. The maximum atomic E-state index is 12.9. The molecule has 2 aliphatic heterocycles. The van der Waals surface area contributed by atoms with Gasteiger partial charge in [0, 0.05) is 51.4 Å². The Morgan fingerprint density at radius 1 is 1.00 bits per heavy atom. The molecule has 0 aliphatic carbocycles. The van der Waals surface area contributed by atoms with Gasteiger partial charge in [-0.25, -0.2) is 4.79 Å². The Morgan fingerprint density at radius 3 is 2.44 bits per heavy atom. The van der Waals surface area contributed by atoms with E-state index < -0.39 is 0 Å². The first-order valence-corrected chi connectivity index (χ1v) is 13.2. The Kier molecular flexibility index (Phi) is 8.99. The van der Waals surface area contributed by atoms with E-state index in [1.54, 1.807) is 0 Å². The highest BCUT2D eigenvalue weighted by Gasteiger charge is 2.28. The SMILES string of the molecule is CCN(CC)C(=O)[C@@H]1CCCN(Cc2ccc3c(c2)CN(Cc2ccc(C(=O)OC)cc2)CCO3)C1. The van der Waals surface area contributed by atoms with Crippen LogP contribution in [0.25, 0.3) is 0 Å². The number of benzene rings is 2. The van der Waals surface area contributed by atoms with E-state index in [0.29, 0.717) is 18.1 Å². The van der Waals surface area contributed by atoms with Gasteiger partial charge in [-0.05, 0) is 68.6 Å². The maximum Gasteiger partial charge on any atom is 0.337 e. The van der Waals surface area contributed by atoms with Gasteiger partial charge in [-0.2, -0.15) is 0 Å². The number of methoxy groups -OCH3 is 1. The topological polar surface area (TPSA) is 62.3 Å². The first-order chi connectivity index (χ1) is 17.5. The van der Waals surface area contributed by atoms with Crippen LogP contribution in [0.1, 0.15) is 53.7 Å². The van der Waals surface area contributed by atoms with Gasteiger partial charge in [-0.3, -0.25) is 14.6 Å². The number of piperidine rings is 1. The van der Waals surface area contributed by atoms with Gasteiger partial charge < -0.3 is 14.4 Å². The first kappa shape index (κ1) is 26.2. The molecule has 7 nitrogen and oxygen atoms in total. The van der Waals surface area contributed by atoms with Crippen LogP contribution >= 0.6 is 0 Å². The molecule has 0 saturated carbocycles. The normalized spacial score (nSPS) is 18.6. The number of carbonyl (C=O) groups excluding carboxylic acids is 2. The summed E-state index contributed by atoms with van der Waals surface area (Å²) in [7, 11) is 1.40. The van der Waals surface area contributed by atoms with Crippen LogP contribution in [-0.2, 0) is 29.2 Å². The predicted octanol–water partition coefficient (Wildman–Crippen LogP) is 3.95. The van der Waals surface area contributed by atoms with Gasteiger partial charge >= 0.3 is 5.97 Å². The molecule has 36 heavy (non-hydrogen) atoms. The summed E-state index contributed by atoms with van der Waals surface area (Å²) in [5.74, 6) is 1.04. The summed E-state index contributed by atoms with van der Waals surface area (Å²) < 4.78 is 10.9. The molecule has 0 bridgehead atoms. The minimum absolute atomic E-state index is 0.101. The summed E-state index contributed by atoms with van der Waals surface area (Å²) in [5, 5.41) is 0. The van der Waals surface area contributed by atoms with Gasteiger partial charge in [-0.15, -0.1) is 0 Å². The number of esters is 1. The van der Waals surface area contributed by atoms with Gasteiger partial charge in [0.05, 0.1) is 18.6 Å². The monoisotopic (exact) mass is 493 g/mol. The molecule has 2 heterocycles. The quantitative estimate of drug-likeness (QED) is 0.519. The molecule has 7 heteroatoms. The number of hydrogen-bond donors (Lipinski definition) is 0. The van der Waals surface area contributed by atoms with Crippen molar-refractivity contribution in [2.45, 2.75) is 46.3 Å². The number of fused-ring (bicyclic) bond motifs is 1. The standard InChI is InChI=1S/C29H39N3O4/c1-4-32(5-2)28(33)25-7-6-14-30(20-25)19-23-10-13-27-26(17-23)21-31(15-16-36-27)18-22-8-11-24(12-9-22)29(34)35-3/h8-13,17,25H,4-7,14-16,18-21H2,1-3H3/t25-/m1/s1. The van der Waals surface area contributed by atoms with Crippen LogP contribution in [0.5, 0.6) is 5.75 Å². The highest BCUT2D eigenvalue weighted by molar-refractivity contribution is 5.89. The van der Waals surface area contributed by atoms with E-state index in [1.807, 2.05) is 29.2 Å². The van der Waals surface area contributed by atoms with E-state index in [2.05, 4.69) is 41.8 Å². The van der Waals surface area contributed by atoms with Crippen molar-refractivity contribution in [2.75, 3.05) is 46.4 Å². The molecular weight excluding hydrogens is 454 g/mol. The van der Waals surface area contributed by atoms with Crippen LogP contribution in [0, 0.1) is 5.92 Å². The van der Waals surface area contributed by atoms with E-state index in [9.17, 15) is 9.59 Å². The number of rotatable bonds is 8. The van der Waals surface area contributed by atoms with E-state index in [1.165, 1.54) is 18.2 Å². The van der Waals surface area contributed by atoms with E-state index in [4.69, 9.17) is 9.47 Å². The van der Waals surface area contributed by atoms with Crippen LogP contribution in [0.2, 0.25) is 0 Å². The fraction of sp³-hybridized carbons (Fsp3) is 0.517. The average Bonchev–Trinajstić information content (AvgIpc) is 3.10. The fourth-order valence-corrected chi connectivity index (χ4v) is 5.31. The fourth-order valence-electron chi connectivity index (χ4n) is 5.31. The molecule has 1 amide bonds. The smallest absolute Gasteiger partial charge is 0.337 e. The minimum Gasteiger partial charge on any atom is -0.492 e. The summed E-state index contributed by atoms with van der Waals surface area (Å²) in [4.78, 5) is 31.4. The maximum absolute atomic E-state index is 12.9. The summed E-state index contributed by atoms with van der Waals surface area (Å²) >= 11 is 0. The Hall–Kier alpha value is -2.90. The van der Waals surface area contributed by atoms with Crippen molar-refractivity contribution in [1.82, 2.24) is 14.7 Å². The second-order valence-corrected chi connectivity index (χ2v) is 9.77. The zero-order valence-electron chi connectivity index (χ0n) is 21.9. The summed E-state index contributed by atoms with van der Waals surface area (Å²) in [6.07, 6.45) is 2.05. The third-order valence-electron chi connectivity index (χ3n) is 7.30. The Bertz CT molecular complexity index is 1040. The highest BCUT2D eigenvalue weighted by atomic mass is 16.5. The van der Waals surface area contributed by atoms with Crippen molar-refractivity contribution in [3.63, 3.8) is 0 Å². The van der Waals surface area contributed by atoms with Crippen molar-refractivity contribution < 1.29 is 19.1 Å². The van der Waals surface area contributed by atoms with Crippen molar-refractivity contribution in [2.24, 2.45) is 5.92 Å². The second-order valence-electron chi connectivity index (χ2n) is 9.77. The van der Waals surface area contributed by atoms with Crippen molar-refractivity contribution in [3.05, 3.63) is 64.7 Å². The molecule has 4 rings (SSSR count). The zero-order valence-corrected chi connectivity index (χ0v) is 21.9. The molecule has 0 aromatic heterocycles. The first-order valence-electron chi connectivity index (χ1n) is 13.2. The number of nitrogens with zero attached hydrogens (tertiary/aromatic N) is 3. The number of amides is 1. The van der Waals surface area contributed by atoms with Crippen molar-refractivity contribution in [1.29, 1.82) is 0 Å². The highest BCUT2D eigenvalue weighted by Crippen LogP contribution is 2.27. The number of hydrogen-bond acceptors (Lipinski definition) is 6. The number of carbonyl (C=O) groups is 2. The molecule has 0 radical (unpaired) electrons. The average molecular weight is 494 g/mol. The molecule has 1 saturated heterocycles. The minimum atomic E-state index is -0.316. The molecule has 2 aliphatic rings. The zero-order chi connectivity index (χ0) is 25.5. The van der Waals surface area contributed by atoms with Crippen LogP contribution in [0.4, 0.5) is 0 Å². The van der Waals surface area contributed by atoms with Crippen LogP contribution in [0.3, 0.4) is 0 Å². The number of likely N-dealkylation sites (tertiary alicyclic amines) is 1. The van der Waals surface area contributed by atoms with Crippen LogP contribution < -0.4 is 4.74 Å². The van der Waals surface area contributed by atoms with Gasteiger partial charge in [0.2, 0.25) is 5.91 Å². The van der Waals surface area contributed by atoms with Crippen LogP contribution in [-0.4, -0.2) is 73.0 Å². The predicted molar refractivity (Wildman–Crippen MR) is 140 cm³/mol. The van der Waals surface area contributed by atoms with Crippen molar-refractivity contribution >= 4 is 11.9 Å². The lowest BCUT2D eigenvalue weighted by molar-refractivity contribution is -0.137. The van der Waals surface area contributed by atoms with E-state index >= 15 is 0 Å². The van der Waals surface area contributed by atoms with Gasteiger partial charge in [0.15, 0.2) is 0 Å². The Labute approximate surface area is 215 Å². The molecule has 0 N–H and O–H groups in total. The number of ether oxygens (including phenoxy) is 2. The molecule has 0 spiro atoms. The largest absolute Gasteiger partial charge is 0.492 e. The lowest BCUT2D eigenvalue weighted by atomic mass is 9.95. The molecule has 0 unspecified atom stereocenters. The molecule has 194 valence electrons. The third-order valence-corrected chi connectivity index (χ3v) is 7.30. The van der Waals surface area contributed by atoms with Gasteiger partial charge in [0.25, 0.3) is 0 Å². The van der Waals surface area contributed by atoms with Gasteiger partial charge in [-0.1, -0.05) is 18.2 Å². The van der Waals surface area contributed by atoms with E-state index in [0.717, 1.165) is 76.5 Å². The summed E-state index contributed by atoms with van der Waals surface area (Å²) in [6, 6.07) is 14.1. The molecule has 2 aromatic rings. The Balaban J connectivity index is 1.39. The molecule has 1 atom stereocenters. The lowest BCUT2D eigenvalue weighted by Gasteiger charge is -2.34. The second kappa shape index (κ2) is 12.4. The van der Waals surface area contributed by atoms with Crippen LogP contribution in [0.15, 0.2) is 42.5 Å².